The molecule has 4 nitrogen and oxygen atoms in total. The van der Waals surface area contributed by atoms with Crippen LogP contribution in [-0.4, -0.2) is 19.3 Å². The molecule has 2 aromatic heterocycles. The molecule has 0 saturated heterocycles. The average Bonchev–Trinajstić information content (AvgIpc) is 3.14. The maximum Gasteiger partial charge on any atom is 0.123 e. The Labute approximate surface area is 159 Å². The number of nitrogens with zero attached hydrogens (tertiary/aromatic N) is 4. The Bertz CT molecular complexity index is 1100. The number of aryl methyl sites for hydroxylation is 2. The first-order chi connectivity index (χ1) is 12.5. The lowest BCUT2D eigenvalue weighted by atomic mass is 10.1. The van der Waals surface area contributed by atoms with Crippen molar-refractivity contribution < 1.29 is 4.39 Å². The van der Waals surface area contributed by atoms with E-state index in [4.69, 9.17) is 4.98 Å². The maximum absolute atomic E-state index is 13.7. The van der Waals surface area contributed by atoms with Crippen molar-refractivity contribution >= 4 is 27.0 Å². The quantitative estimate of drug-likeness (QED) is 0.475. The Morgan fingerprint density at radius 1 is 1.15 bits per heavy atom. The molecule has 132 valence electrons. The molecule has 0 aliphatic rings. The zero-order chi connectivity index (χ0) is 18.3. The zero-order valence-corrected chi connectivity index (χ0v) is 16.2. The molecule has 0 unspecified atom stereocenters. The van der Waals surface area contributed by atoms with Crippen LogP contribution in [0.15, 0.2) is 53.1 Å². The molecule has 0 aliphatic carbocycles. The predicted molar refractivity (Wildman–Crippen MR) is 105 cm³/mol. The van der Waals surface area contributed by atoms with Gasteiger partial charge in [-0.2, -0.15) is 5.10 Å². The van der Waals surface area contributed by atoms with Crippen LogP contribution in [0.5, 0.6) is 0 Å². The minimum Gasteiger partial charge on any atom is -0.328 e. The first kappa shape index (κ1) is 17.0. The molecule has 0 spiro atoms. The molecule has 0 atom stereocenters. The van der Waals surface area contributed by atoms with Gasteiger partial charge in [-0.25, -0.2) is 9.37 Å². The van der Waals surface area contributed by atoms with Crippen LogP contribution in [0.1, 0.15) is 18.3 Å². The van der Waals surface area contributed by atoms with Crippen molar-refractivity contribution in [2.45, 2.75) is 19.9 Å². The molecule has 0 radical (unpaired) electrons. The number of aromatic nitrogens is 4. The van der Waals surface area contributed by atoms with Crippen molar-refractivity contribution in [3.8, 4) is 11.3 Å². The Morgan fingerprint density at radius 2 is 2.00 bits per heavy atom. The van der Waals surface area contributed by atoms with Crippen molar-refractivity contribution in [3.63, 3.8) is 0 Å². The topological polar surface area (TPSA) is 35.6 Å². The van der Waals surface area contributed by atoms with Gasteiger partial charge in [-0.05, 0) is 37.3 Å². The lowest BCUT2D eigenvalue weighted by Crippen LogP contribution is -2.03. The van der Waals surface area contributed by atoms with Crippen LogP contribution < -0.4 is 0 Å². The molecule has 0 N–H and O–H groups in total. The molecular formula is C20H18BrFN4. The molecule has 2 aromatic carbocycles. The average molecular weight is 413 g/mol. The highest BCUT2D eigenvalue weighted by atomic mass is 79.9. The number of rotatable bonds is 4. The van der Waals surface area contributed by atoms with Gasteiger partial charge in [0.15, 0.2) is 0 Å². The van der Waals surface area contributed by atoms with E-state index in [0.29, 0.717) is 6.42 Å². The van der Waals surface area contributed by atoms with Crippen molar-refractivity contribution in [2.24, 2.45) is 7.05 Å². The number of halogens is 2. The summed E-state index contributed by atoms with van der Waals surface area (Å²) in [6.45, 7) is 2.95. The van der Waals surface area contributed by atoms with E-state index >= 15 is 0 Å². The van der Waals surface area contributed by atoms with Gasteiger partial charge in [0.1, 0.15) is 11.6 Å². The van der Waals surface area contributed by atoms with Crippen LogP contribution in [0.25, 0.3) is 22.3 Å². The monoisotopic (exact) mass is 412 g/mol. The molecule has 0 amide bonds. The normalized spacial score (nSPS) is 11.4. The molecule has 4 aromatic rings. The van der Waals surface area contributed by atoms with Crippen LogP contribution in [0.4, 0.5) is 4.39 Å². The van der Waals surface area contributed by atoms with Crippen LogP contribution in [0, 0.1) is 5.82 Å². The zero-order valence-electron chi connectivity index (χ0n) is 14.6. The Kier molecular flexibility index (Phi) is 4.36. The SMILES string of the molecule is CCn1c(Cc2cn(C)nc2-c2cccc(F)c2)nc2cc(Br)ccc21. The van der Waals surface area contributed by atoms with Gasteiger partial charge in [0.05, 0.1) is 16.7 Å². The Balaban J connectivity index is 1.80. The molecule has 26 heavy (non-hydrogen) atoms. The molecule has 2 heterocycles. The fourth-order valence-electron chi connectivity index (χ4n) is 3.36. The minimum absolute atomic E-state index is 0.259. The van der Waals surface area contributed by atoms with E-state index in [1.807, 2.05) is 31.4 Å². The van der Waals surface area contributed by atoms with Crippen LogP contribution in [0.3, 0.4) is 0 Å². The van der Waals surface area contributed by atoms with E-state index < -0.39 is 0 Å². The molecule has 0 saturated carbocycles. The summed E-state index contributed by atoms with van der Waals surface area (Å²) >= 11 is 3.51. The maximum atomic E-state index is 13.7. The smallest absolute Gasteiger partial charge is 0.123 e. The number of hydrogen-bond acceptors (Lipinski definition) is 2. The van der Waals surface area contributed by atoms with Crippen molar-refractivity contribution in [1.29, 1.82) is 0 Å². The van der Waals surface area contributed by atoms with Crippen molar-refractivity contribution in [2.75, 3.05) is 0 Å². The number of hydrogen-bond donors (Lipinski definition) is 0. The molecule has 6 heteroatoms. The summed E-state index contributed by atoms with van der Waals surface area (Å²) < 4.78 is 18.7. The van der Waals surface area contributed by atoms with Gasteiger partial charge >= 0.3 is 0 Å². The second kappa shape index (κ2) is 6.68. The third-order valence-corrected chi connectivity index (χ3v) is 4.95. The van der Waals surface area contributed by atoms with Gasteiger partial charge in [-0.3, -0.25) is 4.68 Å². The highest BCUT2D eigenvalue weighted by Crippen LogP contribution is 2.27. The largest absolute Gasteiger partial charge is 0.328 e. The summed E-state index contributed by atoms with van der Waals surface area (Å²) in [6.07, 6.45) is 2.62. The molecular weight excluding hydrogens is 395 g/mol. The number of fused-ring (bicyclic) bond motifs is 1. The summed E-state index contributed by atoms with van der Waals surface area (Å²) in [5.74, 6) is 0.719. The summed E-state index contributed by atoms with van der Waals surface area (Å²) in [6, 6.07) is 12.7. The van der Waals surface area contributed by atoms with E-state index in [9.17, 15) is 4.39 Å². The van der Waals surface area contributed by atoms with Gasteiger partial charge in [-0.1, -0.05) is 28.1 Å². The fraction of sp³-hybridized carbons (Fsp3) is 0.200. The summed E-state index contributed by atoms with van der Waals surface area (Å²) in [7, 11) is 1.88. The molecule has 4 rings (SSSR count). The van der Waals surface area contributed by atoms with E-state index in [1.165, 1.54) is 12.1 Å². The van der Waals surface area contributed by atoms with Crippen LogP contribution >= 0.6 is 15.9 Å². The molecule has 0 fully saturated rings. The van der Waals surface area contributed by atoms with Gasteiger partial charge < -0.3 is 4.57 Å². The van der Waals surface area contributed by atoms with Gasteiger partial charge in [-0.15, -0.1) is 0 Å². The number of imidazole rings is 1. The van der Waals surface area contributed by atoms with Crippen LogP contribution in [-0.2, 0) is 20.0 Å². The van der Waals surface area contributed by atoms with Crippen molar-refractivity contribution in [3.05, 3.63) is 70.3 Å². The third-order valence-electron chi connectivity index (χ3n) is 4.46. The first-order valence-electron chi connectivity index (χ1n) is 8.48. The highest BCUT2D eigenvalue weighted by molar-refractivity contribution is 9.10. The van der Waals surface area contributed by atoms with E-state index in [2.05, 4.69) is 38.6 Å². The minimum atomic E-state index is -0.259. The van der Waals surface area contributed by atoms with Gasteiger partial charge in [0.2, 0.25) is 0 Å². The highest BCUT2D eigenvalue weighted by Gasteiger charge is 2.16. The Morgan fingerprint density at radius 3 is 2.77 bits per heavy atom. The summed E-state index contributed by atoms with van der Waals surface area (Å²) in [4.78, 5) is 4.82. The lowest BCUT2D eigenvalue weighted by molar-refractivity contribution is 0.628. The first-order valence-corrected chi connectivity index (χ1v) is 9.27. The van der Waals surface area contributed by atoms with E-state index in [0.717, 1.165) is 44.7 Å². The van der Waals surface area contributed by atoms with E-state index in [-0.39, 0.29) is 5.82 Å². The predicted octanol–water partition coefficient (Wildman–Crippen LogP) is 4.95. The Hall–Kier alpha value is -2.47. The fourth-order valence-corrected chi connectivity index (χ4v) is 3.71. The molecule has 0 aliphatic heterocycles. The summed E-state index contributed by atoms with van der Waals surface area (Å²) in [5, 5.41) is 4.55. The van der Waals surface area contributed by atoms with Gasteiger partial charge in [0.25, 0.3) is 0 Å². The lowest BCUT2D eigenvalue weighted by Gasteiger charge is -2.06. The second-order valence-corrected chi connectivity index (χ2v) is 7.18. The second-order valence-electron chi connectivity index (χ2n) is 6.27. The van der Waals surface area contributed by atoms with E-state index in [1.54, 1.807) is 10.7 Å². The number of benzene rings is 2. The third kappa shape index (κ3) is 3.05. The summed E-state index contributed by atoms with van der Waals surface area (Å²) in [5.41, 5.74) is 4.68. The van der Waals surface area contributed by atoms with Crippen LogP contribution in [0.2, 0.25) is 0 Å². The van der Waals surface area contributed by atoms with Gasteiger partial charge in [0, 0.05) is 41.8 Å². The van der Waals surface area contributed by atoms with Crippen molar-refractivity contribution in [1.82, 2.24) is 19.3 Å². The molecule has 0 bridgehead atoms. The standard InChI is InChI=1S/C20H18BrFN4/c1-3-26-18-8-7-15(21)11-17(18)23-19(26)10-14-12-25(2)24-20(14)13-5-4-6-16(22)9-13/h4-9,11-12H,3,10H2,1-2H3.